The van der Waals surface area contributed by atoms with E-state index in [1.165, 1.54) is 12.8 Å². The molecule has 0 atom stereocenters. The molecular weight excluding hydrogens is 254 g/mol. The second-order valence-corrected chi connectivity index (χ2v) is 5.64. The number of piperidine rings is 1. The van der Waals surface area contributed by atoms with Crippen molar-refractivity contribution in [2.75, 3.05) is 20.1 Å². The minimum absolute atomic E-state index is 0.306. The van der Waals surface area contributed by atoms with Crippen molar-refractivity contribution in [3.05, 3.63) is 35.9 Å². The van der Waals surface area contributed by atoms with E-state index < -0.39 is 5.97 Å². The summed E-state index contributed by atoms with van der Waals surface area (Å²) in [4.78, 5) is 17.9. The predicted molar refractivity (Wildman–Crippen MR) is 76.1 cm³/mol. The highest BCUT2D eigenvalue weighted by molar-refractivity contribution is 5.87. The SMILES string of the molecule is CN1CCC(Cc2ncc3ccc(C(=O)O)cn23)CC1. The summed E-state index contributed by atoms with van der Waals surface area (Å²) >= 11 is 0. The Morgan fingerprint density at radius 2 is 2.15 bits per heavy atom. The third kappa shape index (κ3) is 2.54. The van der Waals surface area contributed by atoms with Crippen LogP contribution in [0.15, 0.2) is 24.5 Å². The number of carbonyl (C=O) groups is 1. The molecule has 0 saturated carbocycles. The molecule has 1 N–H and O–H groups in total. The maximum Gasteiger partial charge on any atom is 0.337 e. The summed E-state index contributed by atoms with van der Waals surface area (Å²) in [6, 6.07) is 3.44. The Labute approximate surface area is 117 Å². The van der Waals surface area contributed by atoms with Crippen LogP contribution in [0.5, 0.6) is 0 Å². The summed E-state index contributed by atoms with van der Waals surface area (Å²) in [7, 11) is 2.15. The van der Waals surface area contributed by atoms with Gasteiger partial charge in [0.25, 0.3) is 0 Å². The van der Waals surface area contributed by atoms with E-state index in [1.54, 1.807) is 12.3 Å². The zero-order valence-electron chi connectivity index (χ0n) is 11.6. The van der Waals surface area contributed by atoms with Gasteiger partial charge in [-0.05, 0) is 51.0 Å². The molecule has 5 nitrogen and oxygen atoms in total. The standard InChI is InChI=1S/C15H19N3O2/c1-17-6-4-11(5-7-17)8-14-16-9-13-3-2-12(15(19)20)10-18(13)14/h2-3,9-11H,4-8H2,1H3,(H,19,20). The third-order valence-electron chi connectivity index (χ3n) is 4.16. The lowest BCUT2D eigenvalue weighted by Crippen LogP contribution is -2.31. The fourth-order valence-electron chi connectivity index (χ4n) is 2.85. The molecule has 1 aliphatic heterocycles. The number of imidazole rings is 1. The molecule has 3 rings (SSSR count). The topological polar surface area (TPSA) is 57.8 Å². The smallest absolute Gasteiger partial charge is 0.337 e. The number of nitrogens with zero attached hydrogens (tertiary/aromatic N) is 3. The quantitative estimate of drug-likeness (QED) is 0.928. The molecule has 1 saturated heterocycles. The van der Waals surface area contributed by atoms with Gasteiger partial charge in [-0.1, -0.05) is 0 Å². The number of carboxylic acids is 1. The van der Waals surface area contributed by atoms with Crippen molar-refractivity contribution < 1.29 is 9.90 Å². The van der Waals surface area contributed by atoms with Crippen molar-refractivity contribution in [1.82, 2.24) is 14.3 Å². The van der Waals surface area contributed by atoms with Gasteiger partial charge in [0.2, 0.25) is 0 Å². The van der Waals surface area contributed by atoms with Crippen molar-refractivity contribution in [2.24, 2.45) is 5.92 Å². The lowest BCUT2D eigenvalue weighted by atomic mass is 9.93. The Bertz CT molecular complexity index is 627. The average Bonchev–Trinajstić information content (AvgIpc) is 2.84. The maximum absolute atomic E-state index is 11.1. The zero-order valence-corrected chi connectivity index (χ0v) is 11.6. The predicted octanol–water partition coefficient (Wildman–Crippen LogP) is 1.92. The van der Waals surface area contributed by atoms with Crippen molar-refractivity contribution in [3.63, 3.8) is 0 Å². The van der Waals surface area contributed by atoms with Crippen molar-refractivity contribution in [1.29, 1.82) is 0 Å². The van der Waals surface area contributed by atoms with Gasteiger partial charge >= 0.3 is 5.97 Å². The summed E-state index contributed by atoms with van der Waals surface area (Å²) in [5.74, 6) is 0.716. The summed E-state index contributed by atoms with van der Waals surface area (Å²) in [6.45, 7) is 2.27. The van der Waals surface area contributed by atoms with E-state index in [4.69, 9.17) is 5.11 Å². The molecule has 0 spiro atoms. The van der Waals surface area contributed by atoms with Gasteiger partial charge < -0.3 is 14.4 Å². The minimum Gasteiger partial charge on any atom is -0.478 e. The Morgan fingerprint density at radius 3 is 2.85 bits per heavy atom. The van der Waals surface area contributed by atoms with E-state index >= 15 is 0 Å². The first-order valence-corrected chi connectivity index (χ1v) is 7.01. The Kier molecular flexibility index (Phi) is 3.44. The van der Waals surface area contributed by atoms with Crippen LogP contribution < -0.4 is 0 Å². The van der Waals surface area contributed by atoms with E-state index in [0.717, 1.165) is 30.9 Å². The van der Waals surface area contributed by atoms with Gasteiger partial charge in [-0.15, -0.1) is 0 Å². The highest BCUT2D eigenvalue weighted by atomic mass is 16.4. The lowest BCUT2D eigenvalue weighted by Gasteiger charge is -2.28. The van der Waals surface area contributed by atoms with E-state index in [1.807, 2.05) is 16.7 Å². The molecule has 106 valence electrons. The molecule has 0 radical (unpaired) electrons. The van der Waals surface area contributed by atoms with Gasteiger partial charge in [0, 0.05) is 12.6 Å². The maximum atomic E-state index is 11.1. The van der Waals surface area contributed by atoms with Gasteiger partial charge in [0.1, 0.15) is 5.82 Å². The van der Waals surface area contributed by atoms with Crippen LogP contribution in [-0.2, 0) is 6.42 Å². The van der Waals surface area contributed by atoms with Gasteiger partial charge in [-0.25, -0.2) is 9.78 Å². The molecule has 1 aliphatic rings. The van der Waals surface area contributed by atoms with Gasteiger partial charge in [-0.3, -0.25) is 0 Å². The normalized spacial score (nSPS) is 17.6. The first-order chi connectivity index (χ1) is 9.63. The van der Waals surface area contributed by atoms with Crippen LogP contribution in [0.4, 0.5) is 0 Å². The highest BCUT2D eigenvalue weighted by Gasteiger charge is 2.19. The van der Waals surface area contributed by atoms with Crippen LogP contribution >= 0.6 is 0 Å². The van der Waals surface area contributed by atoms with Crippen LogP contribution in [0.25, 0.3) is 5.52 Å². The number of aromatic nitrogens is 2. The van der Waals surface area contributed by atoms with Gasteiger partial charge in [0.05, 0.1) is 17.3 Å². The molecule has 5 heteroatoms. The second-order valence-electron chi connectivity index (χ2n) is 5.64. The third-order valence-corrected chi connectivity index (χ3v) is 4.16. The molecule has 2 aromatic rings. The number of hydrogen-bond acceptors (Lipinski definition) is 3. The van der Waals surface area contributed by atoms with E-state index in [9.17, 15) is 4.79 Å². The lowest BCUT2D eigenvalue weighted by molar-refractivity contribution is 0.0696. The monoisotopic (exact) mass is 273 g/mol. The molecule has 0 aromatic carbocycles. The average molecular weight is 273 g/mol. The number of rotatable bonds is 3. The van der Waals surface area contributed by atoms with Crippen LogP contribution in [0, 0.1) is 5.92 Å². The van der Waals surface area contributed by atoms with Crippen molar-refractivity contribution in [2.45, 2.75) is 19.3 Å². The molecule has 0 bridgehead atoms. The second kappa shape index (κ2) is 5.25. The molecule has 0 amide bonds. The molecule has 0 aliphatic carbocycles. The first kappa shape index (κ1) is 13.1. The minimum atomic E-state index is -0.897. The number of aromatic carboxylic acids is 1. The molecule has 1 fully saturated rings. The molecule has 2 aromatic heterocycles. The van der Waals surface area contributed by atoms with E-state index in [-0.39, 0.29) is 0 Å². The number of carboxylic acid groups (broad SMARTS) is 1. The number of fused-ring (bicyclic) bond motifs is 1. The molecule has 0 unspecified atom stereocenters. The number of likely N-dealkylation sites (tertiary alicyclic amines) is 1. The Hall–Kier alpha value is -1.88. The molecular formula is C15H19N3O2. The van der Waals surface area contributed by atoms with Crippen molar-refractivity contribution >= 4 is 11.5 Å². The van der Waals surface area contributed by atoms with Crippen LogP contribution in [0.1, 0.15) is 29.0 Å². The van der Waals surface area contributed by atoms with Crippen LogP contribution in [0.2, 0.25) is 0 Å². The molecule has 20 heavy (non-hydrogen) atoms. The fraction of sp³-hybridized carbons (Fsp3) is 0.467. The Morgan fingerprint density at radius 1 is 1.40 bits per heavy atom. The van der Waals surface area contributed by atoms with Crippen molar-refractivity contribution in [3.8, 4) is 0 Å². The van der Waals surface area contributed by atoms with Gasteiger partial charge in [-0.2, -0.15) is 0 Å². The van der Waals surface area contributed by atoms with Crippen LogP contribution in [-0.4, -0.2) is 45.5 Å². The number of hydrogen-bond donors (Lipinski definition) is 1. The number of pyridine rings is 1. The largest absolute Gasteiger partial charge is 0.478 e. The van der Waals surface area contributed by atoms with E-state index in [2.05, 4.69) is 16.9 Å². The van der Waals surface area contributed by atoms with E-state index in [0.29, 0.717) is 11.5 Å². The van der Waals surface area contributed by atoms with Crippen LogP contribution in [0.3, 0.4) is 0 Å². The first-order valence-electron chi connectivity index (χ1n) is 7.01. The Balaban J connectivity index is 1.84. The summed E-state index contributed by atoms with van der Waals surface area (Å²) in [5.41, 5.74) is 1.26. The summed E-state index contributed by atoms with van der Waals surface area (Å²) < 4.78 is 1.92. The summed E-state index contributed by atoms with van der Waals surface area (Å²) in [6.07, 6.45) is 6.78. The fourth-order valence-corrected chi connectivity index (χ4v) is 2.85. The summed E-state index contributed by atoms with van der Waals surface area (Å²) in [5, 5.41) is 9.08. The molecule has 3 heterocycles. The zero-order chi connectivity index (χ0) is 14.1. The highest BCUT2D eigenvalue weighted by Crippen LogP contribution is 2.21. The van der Waals surface area contributed by atoms with Gasteiger partial charge in [0.15, 0.2) is 0 Å².